The Kier molecular flexibility index (Phi) is 2.20. The van der Waals surface area contributed by atoms with Crippen LogP contribution in [0.1, 0.15) is 12.8 Å². The van der Waals surface area contributed by atoms with E-state index in [1.807, 2.05) is 11.3 Å². The lowest BCUT2D eigenvalue weighted by atomic mass is 10.2. The third-order valence-corrected chi connectivity index (χ3v) is 4.96. The molecule has 2 aliphatic heterocycles. The number of hydrogen-bond acceptors (Lipinski definition) is 3. The highest BCUT2D eigenvalue weighted by molar-refractivity contribution is 7.16. The van der Waals surface area contributed by atoms with Gasteiger partial charge in [-0.3, -0.25) is 4.90 Å². The summed E-state index contributed by atoms with van der Waals surface area (Å²) in [5, 5.41) is 5.95. The molecule has 2 fully saturated rings. The van der Waals surface area contributed by atoms with Gasteiger partial charge in [0.15, 0.2) is 0 Å². The number of aromatic nitrogens is 1. The van der Waals surface area contributed by atoms with Crippen molar-refractivity contribution in [3.63, 3.8) is 0 Å². The van der Waals surface area contributed by atoms with Gasteiger partial charge in [-0.2, -0.15) is 0 Å². The largest absolute Gasteiger partial charge is 0.309 e. The molecule has 0 bridgehead atoms. The summed E-state index contributed by atoms with van der Waals surface area (Å²) in [5.41, 5.74) is 0. The Morgan fingerprint density at radius 3 is 3.29 bits per heavy atom. The summed E-state index contributed by atoms with van der Waals surface area (Å²) in [4.78, 5) is 3.99. The second-order valence-corrected chi connectivity index (χ2v) is 5.91. The van der Waals surface area contributed by atoms with Crippen molar-refractivity contribution < 1.29 is 0 Å². The van der Waals surface area contributed by atoms with Crippen molar-refractivity contribution in [2.75, 3.05) is 31.2 Å². The molecule has 0 aromatic carbocycles. The van der Waals surface area contributed by atoms with E-state index in [0.29, 0.717) is 0 Å². The van der Waals surface area contributed by atoms with Gasteiger partial charge in [-0.1, -0.05) is 0 Å². The van der Waals surface area contributed by atoms with E-state index < -0.39 is 0 Å². The number of fused-ring (bicyclic) bond motifs is 2. The molecule has 1 radical (unpaired) electrons. The lowest BCUT2D eigenvalue weighted by molar-refractivity contribution is 0.213. The molecule has 0 N–H and O–H groups in total. The fourth-order valence-corrected chi connectivity index (χ4v) is 4.02. The molecule has 17 heavy (non-hydrogen) atoms. The topological polar surface area (TPSA) is 11.4 Å². The molecule has 0 spiro atoms. The molecule has 89 valence electrons. The molecule has 1 unspecified atom stereocenters. The molecule has 1 atom stereocenters. The number of hydrogen-bond donors (Lipinski definition) is 0. The van der Waals surface area contributed by atoms with E-state index in [-0.39, 0.29) is 0 Å². The van der Waals surface area contributed by atoms with Gasteiger partial charge in [-0.25, -0.2) is 4.68 Å². The van der Waals surface area contributed by atoms with Crippen LogP contribution in [0.3, 0.4) is 0 Å². The molecule has 4 heterocycles. The maximum absolute atomic E-state index is 3.38. The molecule has 0 amide bonds. The van der Waals surface area contributed by atoms with Crippen LogP contribution in [0.2, 0.25) is 0 Å². The van der Waals surface area contributed by atoms with E-state index in [4.69, 9.17) is 0 Å². The molecule has 3 nitrogen and oxygen atoms in total. The Bertz CT molecular complexity index is 529. The molecule has 0 saturated carbocycles. The summed E-state index contributed by atoms with van der Waals surface area (Å²) in [7, 11) is 0. The minimum absolute atomic E-state index is 0.773. The zero-order valence-corrected chi connectivity index (χ0v) is 10.6. The Balaban J connectivity index is 1.65. The first-order valence-electron chi connectivity index (χ1n) is 6.38. The Morgan fingerprint density at radius 1 is 1.29 bits per heavy atom. The number of nitrogens with zero attached hydrogens (tertiary/aromatic N) is 3. The van der Waals surface area contributed by atoms with Gasteiger partial charge in [0.1, 0.15) is 4.83 Å². The standard InChI is InChI=1S/C13H16N3S/c1-2-12-10-15(8-7-14(12)5-1)16-6-3-11-4-9-17-13(11)16/h3-4,9,12H,1-2,5,7-8,10H2. The van der Waals surface area contributed by atoms with Gasteiger partial charge in [-0.05, 0) is 36.9 Å². The van der Waals surface area contributed by atoms with Crippen molar-refractivity contribution in [1.82, 2.24) is 9.58 Å². The first kappa shape index (κ1) is 9.97. The minimum Gasteiger partial charge on any atom is -0.309 e. The second-order valence-electron chi connectivity index (χ2n) is 5.01. The van der Waals surface area contributed by atoms with Crippen LogP contribution in [-0.4, -0.2) is 41.8 Å². The third-order valence-electron chi connectivity index (χ3n) is 4.06. The van der Waals surface area contributed by atoms with Gasteiger partial charge in [-0.15, -0.1) is 11.3 Å². The highest BCUT2D eigenvalue weighted by Gasteiger charge is 2.31. The summed E-state index contributed by atoms with van der Waals surface area (Å²) in [5.74, 6) is 0. The van der Waals surface area contributed by atoms with Crippen LogP contribution < -0.4 is 5.01 Å². The number of rotatable bonds is 1. The van der Waals surface area contributed by atoms with Crippen molar-refractivity contribution in [2.45, 2.75) is 18.9 Å². The van der Waals surface area contributed by atoms with Crippen LogP contribution in [0.4, 0.5) is 0 Å². The fraction of sp³-hybridized carbons (Fsp3) is 0.538. The predicted molar refractivity (Wildman–Crippen MR) is 71.2 cm³/mol. The van der Waals surface area contributed by atoms with Crippen molar-refractivity contribution in [2.24, 2.45) is 0 Å². The minimum atomic E-state index is 0.773. The molecule has 2 aromatic heterocycles. The first-order valence-corrected chi connectivity index (χ1v) is 7.26. The fourth-order valence-electron chi connectivity index (χ4n) is 3.15. The average molecular weight is 246 g/mol. The highest BCUT2D eigenvalue weighted by atomic mass is 32.1. The molecule has 2 aromatic rings. The van der Waals surface area contributed by atoms with Crippen LogP contribution in [0.5, 0.6) is 0 Å². The molecule has 2 aliphatic rings. The normalized spacial score (nSPS) is 25.6. The van der Waals surface area contributed by atoms with E-state index in [0.717, 1.165) is 19.1 Å². The van der Waals surface area contributed by atoms with Crippen molar-refractivity contribution in [3.8, 4) is 0 Å². The van der Waals surface area contributed by atoms with Crippen molar-refractivity contribution >= 4 is 21.6 Å². The van der Waals surface area contributed by atoms with E-state index in [1.165, 1.54) is 36.1 Å². The average Bonchev–Trinajstić information content (AvgIpc) is 3.03. The Labute approximate surface area is 105 Å². The second kappa shape index (κ2) is 3.75. The van der Waals surface area contributed by atoms with Crippen LogP contribution in [-0.2, 0) is 0 Å². The van der Waals surface area contributed by atoms with Crippen LogP contribution >= 0.6 is 11.3 Å². The van der Waals surface area contributed by atoms with Gasteiger partial charge < -0.3 is 5.01 Å². The smallest absolute Gasteiger partial charge is 0.123 e. The number of thiophene rings is 1. The van der Waals surface area contributed by atoms with Crippen LogP contribution in [0, 0.1) is 6.20 Å². The van der Waals surface area contributed by atoms with E-state index in [9.17, 15) is 0 Å². The quantitative estimate of drug-likeness (QED) is 0.761. The lowest BCUT2D eigenvalue weighted by Crippen LogP contribution is -2.54. The van der Waals surface area contributed by atoms with Gasteiger partial charge in [0, 0.05) is 24.5 Å². The van der Waals surface area contributed by atoms with Crippen molar-refractivity contribution in [1.29, 1.82) is 0 Å². The lowest BCUT2D eigenvalue weighted by Gasteiger charge is -2.39. The summed E-state index contributed by atoms with van der Waals surface area (Å²) < 4.78 is 2.25. The highest BCUT2D eigenvalue weighted by Crippen LogP contribution is 2.25. The Morgan fingerprint density at radius 2 is 2.29 bits per heavy atom. The zero-order valence-electron chi connectivity index (χ0n) is 9.80. The molecule has 0 aliphatic carbocycles. The van der Waals surface area contributed by atoms with Crippen LogP contribution in [0.15, 0.2) is 17.5 Å². The molecular formula is C13H16N3S. The summed E-state index contributed by atoms with van der Waals surface area (Å²) in [6.45, 7) is 4.82. The maximum atomic E-state index is 3.38. The van der Waals surface area contributed by atoms with E-state index in [2.05, 4.69) is 38.3 Å². The number of piperazine rings is 1. The third kappa shape index (κ3) is 1.51. The van der Waals surface area contributed by atoms with Gasteiger partial charge in [0.05, 0.1) is 12.7 Å². The van der Waals surface area contributed by atoms with Gasteiger partial charge in [0.25, 0.3) is 0 Å². The van der Waals surface area contributed by atoms with Crippen LogP contribution in [0.25, 0.3) is 10.2 Å². The zero-order chi connectivity index (χ0) is 11.2. The Hall–Kier alpha value is -1.00. The first-order chi connectivity index (χ1) is 8.42. The molecule has 4 rings (SSSR count). The molecule has 4 heteroatoms. The maximum Gasteiger partial charge on any atom is 0.123 e. The van der Waals surface area contributed by atoms with E-state index in [1.54, 1.807) is 0 Å². The van der Waals surface area contributed by atoms with Gasteiger partial charge >= 0.3 is 0 Å². The van der Waals surface area contributed by atoms with Crippen molar-refractivity contribution in [3.05, 3.63) is 23.7 Å². The summed E-state index contributed by atoms with van der Waals surface area (Å²) in [6.07, 6.45) is 6.12. The van der Waals surface area contributed by atoms with E-state index >= 15 is 0 Å². The SMILES string of the molecule is [c]1cc2ccsc2n1N1CCN2CCCC2C1. The summed E-state index contributed by atoms with van der Waals surface area (Å²) in [6, 6.07) is 5.06. The summed E-state index contributed by atoms with van der Waals surface area (Å²) >= 11 is 1.82. The monoisotopic (exact) mass is 246 g/mol. The van der Waals surface area contributed by atoms with Gasteiger partial charge in [0.2, 0.25) is 0 Å². The molecular weight excluding hydrogens is 230 g/mol. The predicted octanol–water partition coefficient (Wildman–Crippen LogP) is 1.92. The molecule has 2 saturated heterocycles.